The number of rotatable bonds is 5. The average Bonchev–Trinajstić information content (AvgIpc) is 3.18. The van der Waals surface area contributed by atoms with Crippen LogP contribution in [0.4, 0.5) is 5.69 Å². The van der Waals surface area contributed by atoms with Gasteiger partial charge in [-0.15, -0.1) is 11.3 Å². The third-order valence-corrected chi connectivity index (χ3v) is 7.11. The predicted molar refractivity (Wildman–Crippen MR) is 134 cm³/mol. The number of esters is 1. The highest BCUT2D eigenvalue weighted by atomic mass is 32.1. The Morgan fingerprint density at radius 3 is 2.59 bits per heavy atom. The zero-order chi connectivity index (χ0) is 23.8. The van der Waals surface area contributed by atoms with Crippen molar-refractivity contribution in [2.75, 3.05) is 33.5 Å². The number of nitrogens with zero attached hydrogens (tertiary/aromatic N) is 2. The molecule has 0 bridgehead atoms. The first kappa shape index (κ1) is 22.2. The number of carbonyl (C=O) groups excluding carboxylic acids is 1. The van der Waals surface area contributed by atoms with E-state index in [0.29, 0.717) is 27.8 Å². The Morgan fingerprint density at radius 2 is 1.85 bits per heavy atom. The number of benzene rings is 2. The number of likely N-dealkylation sites (N-methyl/N-ethyl adjacent to an activating group) is 1. The van der Waals surface area contributed by atoms with Crippen LogP contribution in [0.1, 0.15) is 20.9 Å². The minimum atomic E-state index is -0.486. The lowest BCUT2D eigenvalue weighted by molar-refractivity contribution is 0.0741. The van der Waals surface area contributed by atoms with Crippen LogP contribution >= 0.6 is 11.3 Å². The number of para-hydroxylation sites is 1. The monoisotopic (exact) mass is 475 g/mol. The van der Waals surface area contributed by atoms with Gasteiger partial charge in [-0.3, -0.25) is 0 Å². The van der Waals surface area contributed by atoms with Gasteiger partial charge in [-0.05, 0) is 42.4 Å². The van der Waals surface area contributed by atoms with E-state index in [1.165, 1.54) is 11.3 Å². The van der Waals surface area contributed by atoms with E-state index in [4.69, 9.17) is 24.9 Å². The lowest BCUT2D eigenvalue weighted by Gasteiger charge is -2.27. The lowest BCUT2D eigenvalue weighted by Crippen LogP contribution is -2.27. The van der Waals surface area contributed by atoms with E-state index >= 15 is 0 Å². The number of thiophene rings is 1. The third kappa shape index (κ3) is 3.85. The van der Waals surface area contributed by atoms with E-state index < -0.39 is 5.97 Å². The molecule has 7 nitrogen and oxygen atoms in total. The average molecular weight is 476 g/mol. The first-order valence-electron chi connectivity index (χ1n) is 10.9. The molecule has 174 valence electrons. The van der Waals surface area contributed by atoms with Gasteiger partial charge in [0.25, 0.3) is 0 Å². The summed E-state index contributed by atoms with van der Waals surface area (Å²) < 4.78 is 16.6. The highest BCUT2D eigenvalue weighted by molar-refractivity contribution is 7.21. The molecule has 0 saturated carbocycles. The van der Waals surface area contributed by atoms with Gasteiger partial charge in [-0.2, -0.15) is 0 Å². The van der Waals surface area contributed by atoms with Gasteiger partial charge in [0.2, 0.25) is 0 Å². The van der Waals surface area contributed by atoms with Gasteiger partial charge in [0.1, 0.15) is 15.5 Å². The molecule has 2 aromatic heterocycles. The molecular formula is C26H25N3O4S. The molecule has 2 aromatic carbocycles. The van der Waals surface area contributed by atoms with Gasteiger partial charge in [0, 0.05) is 36.2 Å². The van der Waals surface area contributed by atoms with Crippen molar-refractivity contribution in [2.24, 2.45) is 0 Å². The Balaban J connectivity index is 1.71. The fourth-order valence-electron chi connectivity index (χ4n) is 4.36. The maximum absolute atomic E-state index is 13.0. The third-order valence-electron chi connectivity index (χ3n) is 6.03. The van der Waals surface area contributed by atoms with E-state index in [1.807, 2.05) is 36.4 Å². The highest BCUT2D eigenvalue weighted by Gasteiger charge is 2.28. The van der Waals surface area contributed by atoms with Crippen molar-refractivity contribution in [3.63, 3.8) is 0 Å². The molecule has 5 rings (SSSR count). The molecule has 0 atom stereocenters. The van der Waals surface area contributed by atoms with Gasteiger partial charge >= 0.3 is 5.97 Å². The normalized spacial score (nSPS) is 13.5. The number of aromatic nitrogens is 1. The molecule has 0 spiro atoms. The second-order valence-electron chi connectivity index (χ2n) is 8.20. The Kier molecular flexibility index (Phi) is 5.85. The fraction of sp³-hybridized carbons (Fsp3) is 0.231. The summed E-state index contributed by atoms with van der Waals surface area (Å²) in [4.78, 5) is 21.3. The van der Waals surface area contributed by atoms with Crippen LogP contribution < -0.4 is 19.9 Å². The minimum absolute atomic E-state index is 0.351. The summed E-state index contributed by atoms with van der Waals surface area (Å²) in [5.41, 5.74) is 11.1. The molecule has 0 unspecified atom stereocenters. The Labute approximate surface area is 201 Å². The van der Waals surface area contributed by atoms with Gasteiger partial charge in [-0.25, -0.2) is 9.78 Å². The summed E-state index contributed by atoms with van der Waals surface area (Å²) in [5.74, 6) is 1.26. The largest absolute Gasteiger partial charge is 0.493 e. The van der Waals surface area contributed by atoms with Crippen LogP contribution in [0.25, 0.3) is 21.3 Å². The van der Waals surface area contributed by atoms with Crippen LogP contribution in [0.5, 0.6) is 17.2 Å². The zero-order valence-electron chi connectivity index (χ0n) is 19.3. The van der Waals surface area contributed by atoms with E-state index in [9.17, 15) is 4.79 Å². The number of hydrogen-bond donors (Lipinski definition) is 1. The zero-order valence-corrected chi connectivity index (χ0v) is 20.1. The van der Waals surface area contributed by atoms with E-state index in [-0.39, 0.29) is 0 Å². The Bertz CT molecular complexity index is 1380. The quantitative estimate of drug-likeness (QED) is 0.329. The lowest BCUT2D eigenvalue weighted by atomic mass is 9.92. The molecule has 4 aromatic rings. The predicted octanol–water partition coefficient (Wildman–Crippen LogP) is 4.77. The minimum Gasteiger partial charge on any atom is -0.493 e. The fourth-order valence-corrected chi connectivity index (χ4v) is 5.36. The van der Waals surface area contributed by atoms with Crippen molar-refractivity contribution in [1.82, 2.24) is 9.88 Å². The van der Waals surface area contributed by atoms with Crippen molar-refractivity contribution in [2.45, 2.75) is 13.0 Å². The van der Waals surface area contributed by atoms with Crippen LogP contribution in [0.3, 0.4) is 0 Å². The number of nitrogens with two attached hydrogens (primary N) is 1. The molecule has 0 fully saturated rings. The van der Waals surface area contributed by atoms with Crippen LogP contribution in [0.2, 0.25) is 0 Å². The number of methoxy groups -OCH3 is 2. The summed E-state index contributed by atoms with van der Waals surface area (Å²) in [5, 5.41) is 0.770. The van der Waals surface area contributed by atoms with E-state index in [1.54, 1.807) is 26.4 Å². The summed E-state index contributed by atoms with van der Waals surface area (Å²) >= 11 is 1.27. The molecular weight excluding hydrogens is 450 g/mol. The van der Waals surface area contributed by atoms with E-state index in [2.05, 4.69) is 11.9 Å². The van der Waals surface area contributed by atoms with Crippen molar-refractivity contribution in [3.05, 3.63) is 64.7 Å². The molecule has 34 heavy (non-hydrogen) atoms. The Hall–Kier alpha value is -3.62. The SMILES string of the molecule is COc1ccc(-c2c3c(nc4sc(C(=O)Oc5ccccc5)c(N)c24)CCN(C)C3)cc1OC. The van der Waals surface area contributed by atoms with Crippen molar-refractivity contribution in [3.8, 4) is 28.4 Å². The topological polar surface area (TPSA) is 86.9 Å². The first-order chi connectivity index (χ1) is 16.5. The Morgan fingerprint density at radius 1 is 1.09 bits per heavy atom. The molecule has 0 amide bonds. The standard InChI is InChI=1S/C26H25N3O4S/c1-29-12-11-18-17(14-29)21(15-9-10-19(31-2)20(13-15)32-3)22-23(27)24(34-25(22)28-18)26(30)33-16-7-5-4-6-8-16/h4-10,13H,11-12,14,27H2,1-3H3. The number of ether oxygens (including phenoxy) is 3. The van der Waals surface area contributed by atoms with Gasteiger partial charge in [-0.1, -0.05) is 24.3 Å². The molecule has 3 heterocycles. The molecule has 0 aliphatic carbocycles. The molecule has 8 heteroatoms. The maximum Gasteiger partial charge on any atom is 0.355 e. The second kappa shape index (κ2) is 8.96. The molecule has 1 aliphatic rings. The second-order valence-corrected chi connectivity index (χ2v) is 9.20. The number of carbonyl (C=O) groups is 1. The van der Waals surface area contributed by atoms with Gasteiger partial charge in [0.05, 0.1) is 19.9 Å². The number of nitrogen functional groups attached to an aromatic ring is 1. The number of anilines is 1. The molecule has 0 saturated heterocycles. The molecule has 0 radical (unpaired) electrons. The summed E-state index contributed by atoms with van der Waals surface area (Å²) in [6, 6.07) is 14.8. The highest BCUT2D eigenvalue weighted by Crippen LogP contribution is 2.45. The number of pyridine rings is 1. The first-order valence-corrected chi connectivity index (χ1v) is 11.7. The van der Waals surface area contributed by atoms with Gasteiger partial charge in [0.15, 0.2) is 11.5 Å². The van der Waals surface area contributed by atoms with Crippen LogP contribution in [0, 0.1) is 0 Å². The number of fused-ring (bicyclic) bond motifs is 2. The van der Waals surface area contributed by atoms with Gasteiger partial charge < -0.3 is 24.8 Å². The van der Waals surface area contributed by atoms with Crippen molar-refractivity contribution in [1.29, 1.82) is 0 Å². The molecule has 2 N–H and O–H groups in total. The maximum atomic E-state index is 13.0. The molecule has 1 aliphatic heterocycles. The van der Waals surface area contributed by atoms with Crippen LogP contribution in [-0.2, 0) is 13.0 Å². The summed E-state index contributed by atoms with van der Waals surface area (Å²) in [6.45, 7) is 1.65. The summed E-state index contributed by atoms with van der Waals surface area (Å²) in [7, 11) is 5.31. The van der Waals surface area contributed by atoms with Crippen molar-refractivity contribution >= 4 is 33.2 Å². The smallest absolute Gasteiger partial charge is 0.355 e. The van der Waals surface area contributed by atoms with Crippen molar-refractivity contribution < 1.29 is 19.0 Å². The van der Waals surface area contributed by atoms with Crippen LogP contribution in [-0.4, -0.2) is 43.7 Å². The summed E-state index contributed by atoms with van der Waals surface area (Å²) in [6.07, 6.45) is 0.823. The number of hydrogen-bond acceptors (Lipinski definition) is 8. The van der Waals surface area contributed by atoms with E-state index in [0.717, 1.165) is 52.1 Å². The van der Waals surface area contributed by atoms with Crippen LogP contribution in [0.15, 0.2) is 48.5 Å².